The van der Waals surface area contributed by atoms with Gasteiger partial charge in [-0.3, -0.25) is 4.79 Å². The van der Waals surface area contributed by atoms with Gasteiger partial charge in [-0.2, -0.15) is 0 Å². The average molecular weight is 296 g/mol. The first kappa shape index (κ1) is 16.1. The molecule has 2 aromatic rings. The van der Waals surface area contributed by atoms with Crippen molar-refractivity contribution >= 4 is 11.6 Å². The summed E-state index contributed by atoms with van der Waals surface area (Å²) in [5, 5.41) is 3.10. The minimum Gasteiger partial charge on any atom is -0.399 e. The Kier molecular flexibility index (Phi) is 4.55. The number of nitrogen functional groups attached to an aromatic ring is 1. The molecule has 2 rings (SSSR count). The smallest absolute Gasteiger partial charge is 0.252 e. The van der Waals surface area contributed by atoms with Gasteiger partial charge in [0.05, 0.1) is 5.54 Å². The molecule has 0 atom stereocenters. The number of rotatable bonds is 4. The van der Waals surface area contributed by atoms with Gasteiger partial charge in [-0.25, -0.2) is 0 Å². The zero-order valence-electron chi connectivity index (χ0n) is 13.7. The lowest BCUT2D eigenvalue weighted by Crippen LogP contribution is -2.41. The van der Waals surface area contributed by atoms with E-state index in [9.17, 15) is 4.79 Å². The van der Waals surface area contributed by atoms with Crippen LogP contribution in [-0.4, -0.2) is 5.91 Å². The highest BCUT2D eigenvalue weighted by molar-refractivity contribution is 5.97. The van der Waals surface area contributed by atoms with Gasteiger partial charge < -0.3 is 11.1 Å². The lowest BCUT2D eigenvalue weighted by Gasteiger charge is -2.27. The van der Waals surface area contributed by atoms with Crippen LogP contribution in [0, 0.1) is 6.92 Å². The first-order valence-corrected chi connectivity index (χ1v) is 7.61. The third-order valence-corrected chi connectivity index (χ3v) is 4.02. The van der Waals surface area contributed by atoms with Crippen molar-refractivity contribution < 1.29 is 4.79 Å². The van der Waals surface area contributed by atoms with Crippen molar-refractivity contribution in [3.63, 3.8) is 0 Å². The fourth-order valence-electron chi connectivity index (χ4n) is 2.46. The molecule has 0 saturated carbocycles. The fourth-order valence-corrected chi connectivity index (χ4v) is 2.46. The number of benzene rings is 2. The van der Waals surface area contributed by atoms with E-state index < -0.39 is 5.54 Å². The molecule has 116 valence electrons. The first-order chi connectivity index (χ1) is 10.3. The second-order valence-corrected chi connectivity index (χ2v) is 6.20. The van der Waals surface area contributed by atoms with Gasteiger partial charge in [0.2, 0.25) is 0 Å². The van der Waals surface area contributed by atoms with Gasteiger partial charge in [0.15, 0.2) is 0 Å². The number of anilines is 1. The maximum atomic E-state index is 12.6. The van der Waals surface area contributed by atoms with Crippen LogP contribution in [0.2, 0.25) is 0 Å². The minimum atomic E-state index is -0.444. The largest absolute Gasteiger partial charge is 0.399 e. The number of carbonyl (C=O) groups excluding carboxylic acids is 1. The Morgan fingerprint density at radius 3 is 2.36 bits per heavy atom. The highest BCUT2D eigenvalue weighted by Crippen LogP contribution is 2.22. The molecule has 0 unspecified atom stereocenters. The van der Waals surface area contributed by atoms with E-state index in [-0.39, 0.29) is 5.91 Å². The molecule has 1 amide bonds. The van der Waals surface area contributed by atoms with Crippen LogP contribution in [0.5, 0.6) is 0 Å². The molecule has 2 aromatic carbocycles. The normalized spacial score (nSPS) is 11.3. The zero-order valence-corrected chi connectivity index (χ0v) is 13.7. The fraction of sp³-hybridized carbons (Fsp3) is 0.316. The van der Waals surface area contributed by atoms with Gasteiger partial charge in [0.25, 0.3) is 5.91 Å². The maximum Gasteiger partial charge on any atom is 0.252 e. The summed E-state index contributed by atoms with van der Waals surface area (Å²) in [5.74, 6) is -0.102. The molecular weight excluding hydrogens is 272 g/mol. The molecule has 0 aromatic heterocycles. The quantitative estimate of drug-likeness (QED) is 0.843. The maximum absolute atomic E-state index is 12.6. The number of carbonyl (C=O) groups is 1. The van der Waals surface area contributed by atoms with Gasteiger partial charge in [0.1, 0.15) is 0 Å². The van der Waals surface area contributed by atoms with Gasteiger partial charge in [-0.15, -0.1) is 0 Å². The van der Waals surface area contributed by atoms with Gasteiger partial charge in [0, 0.05) is 11.3 Å². The Balaban J connectivity index is 2.23. The Bertz CT molecular complexity index is 672. The summed E-state index contributed by atoms with van der Waals surface area (Å²) in [7, 11) is 0. The van der Waals surface area contributed by atoms with Gasteiger partial charge in [-0.05, 0) is 56.0 Å². The second kappa shape index (κ2) is 6.22. The standard InChI is InChI=1S/C19H24N2O/c1-5-14-7-9-15(10-8-14)19(3,4)21-18(22)17-12-16(20)11-6-13(17)2/h6-12H,5,20H2,1-4H3,(H,21,22). The number of nitrogens with one attached hydrogen (secondary N) is 1. The van der Waals surface area contributed by atoms with Crippen LogP contribution in [0.25, 0.3) is 0 Å². The number of nitrogens with two attached hydrogens (primary N) is 1. The Morgan fingerprint density at radius 2 is 1.77 bits per heavy atom. The summed E-state index contributed by atoms with van der Waals surface area (Å²) in [4.78, 5) is 12.6. The van der Waals surface area contributed by atoms with Gasteiger partial charge >= 0.3 is 0 Å². The molecule has 0 bridgehead atoms. The molecule has 0 aliphatic heterocycles. The summed E-state index contributed by atoms with van der Waals surface area (Å²) < 4.78 is 0. The average Bonchev–Trinajstić information content (AvgIpc) is 2.49. The summed E-state index contributed by atoms with van der Waals surface area (Å²) >= 11 is 0. The minimum absolute atomic E-state index is 0.102. The SMILES string of the molecule is CCc1ccc(C(C)(C)NC(=O)c2cc(N)ccc2C)cc1. The molecule has 3 heteroatoms. The number of hydrogen-bond donors (Lipinski definition) is 2. The molecular formula is C19H24N2O. The van der Waals surface area contributed by atoms with E-state index in [0.29, 0.717) is 11.3 Å². The van der Waals surface area contributed by atoms with E-state index in [4.69, 9.17) is 5.73 Å². The summed E-state index contributed by atoms with van der Waals surface area (Å²) in [6.45, 7) is 8.06. The summed E-state index contributed by atoms with van der Waals surface area (Å²) in [5.41, 5.74) is 9.86. The topological polar surface area (TPSA) is 55.1 Å². The molecule has 0 aliphatic rings. The van der Waals surface area contributed by atoms with Crippen LogP contribution in [0.15, 0.2) is 42.5 Å². The van der Waals surface area contributed by atoms with Crippen molar-refractivity contribution in [3.8, 4) is 0 Å². The van der Waals surface area contributed by atoms with Crippen LogP contribution < -0.4 is 11.1 Å². The van der Waals surface area contributed by atoms with Crippen molar-refractivity contribution in [1.29, 1.82) is 0 Å². The second-order valence-electron chi connectivity index (χ2n) is 6.20. The molecule has 0 saturated heterocycles. The molecule has 0 aliphatic carbocycles. The van der Waals surface area contributed by atoms with Crippen molar-refractivity contribution in [2.45, 2.75) is 39.7 Å². The third kappa shape index (κ3) is 3.48. The Labute approximate surface area is 132 Å². The Hall–Kier alpha value is -2.29. The van der Waals surface area contributed by atoms with E-state index in [1.54, 1.807) is 12.1 Å². The van der Waals surface area contributed by atoms with Crippen LogP contribution in [0.4, 0.5) is 5.69 Å². The molecule has 0 radical (unpaired) electrons. The predicted molar refractivity (Wildman–Crippen MR) is 91.9 cm³/mol. The number of amides is 1. The lowest BCUT2D eigenvalue weighted by atomic mass is 9.92. The Morgan fingerprint density at radius 1 is 1.14 bits per heavy atom. The van der Waals surface area contributed by atoms with Gasteiger partial charge in [-0.1, -0.05) is 37.3 Å². The van der Waals surface area contributed by atoms with E-state index >= 15 is 0 Å². The van der Waals surface area contributed by atoms with Crippen molar-refractivity contribution in [1.82, 2.24) is 5.32 Å². The molecule has 3 nitrogen and oxygen atoms in total. The van der Waals surface area contributed by atoms with Crippen LogP contribution in [0.1, 0.15) is 47.8 Å². The van der Waals surface area contributed by atoms with Crippen molar-refractivity contribution in [3.05, 3.63) is 64.7 Å². The highest BCUT2D eigenvalue weighted by Gasteiger charge is 2.24. The number of aryl methyl sites for hydroxylation is 2. The summed E-state index contributed by atoms with van der Waals surface area (Å²) in [6.07, 6.45) is 1.01. The van der Waals surface area contributed by atoms with E-state index in [1.165, 1.54) is 5.56 Å². The summed E-state index contributed by atoms with van der Waals surface area (Å²) in [6, 6.07) is 13.8. The van der Waals surface area contributed by atoms with Crippen LogP contribution in [-0.2, 0) is 12.0 Å². The molecule has 22 heavy (non-hydrogen) atoms. The number of hydrogen-bond acceptors (Lipinski definition) is 2. The van der Waals surface area contributed by atoms with E-state index in [0.717, 1.165) is 17.5 Å². The lowest BCUT2D eigenvalue weighted by molar-refractivity contribution is 0.0911. The van der Waals surface area contributed by atoms with Crippen molar-refractivity contribution in [2.24, 2.45) is 0 Å². The van der Waals surface area contributed by atoms with Crippen LogP contribution in [0.3, 0.4) is 0 Å². The predicted octanol–water partition coefficient (Wildman–Crippen LogP) is 3.80. The highest BCUT2D eigenvalue weighted by atomic mass is 16.1. The first-order valence-electron chi connectivity index (χ1n) is 7.61. The zero-order chi connectivity index (χ0) is 16.3. The molecule has 3 N–H and O–H groups in total. The van der Waals surface area contributed by atoms with Crippen LogP contribution >= 0.6 is 0 Å². The van der Waals surface area contributed by atoms with E-state index in [2.05, 4.69) is 36.5 Å². The molecule has 0 spiro atoms. The molecule has 0 fully saturated rings. The third-order valence-electron chi connectivity index (χ3n) is 4.02. The van der Waals surface area contributed by atoms with E-state index in [1.807, 2.05) is 26.8 Å². The monoisotopic (exact) mass is 296 g/mol. The van der Waals surface area contributed by atoms with Crippen molar-refractivity contribution in [2.75, 3.05) is 5.73 Å². The molecule has 0 heterocycles.